The van der Waals surface area contributed by atoms with Crippen molar-refractivity contribution in [3.8, 4) is 22.4 Å². The van der Waals surface area contributed by atoms with Gasteiger partial charge in [-0.15, -0.1) is 0 Å². The molecular formula is C38H41N5O8. The third-order valence-corrected chi connectivity index (χ3v) is 8.62. The summed E-state index contributed by atoms with van der Waals surface area (Å²) in [5.41, 5.74) is 8.15. The number of aliphatic hydroxyl groups excluding tert-OH is 1. The van der Waals surface area contributed by atoms with Gasteiger partial charge in [-0.1, -0.05) is 24.3 Å². The summed E-state index contributed by atoms with van der Waals surface area (Å²) >= 11 is 0. The number of aliphatic hydroxyl groups is 1. The van der Waals surface area contributed by atoms with Crippen LogP contribution in [-0.2, 0) is 16.1 Å². The normalized spacial score (nSPS) is 14.8. The lowest BCUT2D eigenvalue weighted by Crippen LogP contribution is -2.51. The van der Waals surface area contributed by atoms with Crippen LogP contribution in [0.25, 0.3) is 33.3 Å². The molecule has 3 aromatic carbocycles. The molecule has 51 heavy (non-hydrogen) atoms. The Bertz CT molecular complexity index is 2100. The second-order valence-corrected chi connectivity index (χ2v) is 14.7. The Balaban J connectivity index is 1.44. The minimum Gasteiger partial charge on any atom is -0.444 e. The first kappa shape index (κ1) is 35.1. The number of carbonyl (C=O) groups is 5. The number of nitrogens with one attached hydrogen (secondary N) is 1. The second-order valence-electron chi connectivity index (χ2n) is 14.7. The van der Waals surface area contributed by atoms with Gasteiger partial charge in [0.1, 0.15) is 11.2 Å². The topological polar surface area (TPSA) is 173 Å². The van der Waals surface area contributed by atoms with Gasteiger partial charge < -0.3 is 30.1 Å². The molecule has 6 rings (SSSR count). The predicted molar refractivity (Wildman–Crippen MR) is 190 cm³/mol. The number of amides is 4. The Morgan fingerprint density at radius 2 is 1.35 bits per heavy atom. The average Bonchev–Trinajstić information content (AvgIpc) is 3.59. The van der Waals surface area contributed by atoms with Crippen molar-refractivity contribution in [1.29, 1.82) is 0 Å². The first-order valence-corrected chi connectivity index (χ1v) is 16.6. The fraction of sp³-hybridized carbons (Fsp3) is 0.342. The molecule has 0 spiro atoms. The molecule has 4 N–H and O–H groups in total. The van der Waals surface area contributed by atoms with Crippen LogP contribution in [0, 0.1) is 0 Å². The molecule has 13 nitrogen and oxygen atoms in total. The van der Waals surface area contributed by atoms with Crippen LogP contribution in [0.5, 0.6) is 0 Å². The first-order chi connectivity index (χ1) is 24.0. The number of fused-ring (bicyclic) bond motifs is 2. The van der Waals surface area contributed by atoms with Gasteiger partial charge in [0.25, 0.3) is 17.7 Å². The highest BCUT2D eigenvalue weighted by atomic mass is 16.6. The van der Waals surface area contributed by atoms with E-state index in [1.165, 1.54) is 4.57 Å². The molecule has 1 aromatic heterocycles. The van der Waals surface area contributed by atoms with Gasteiger partial charge in [0.15, 0.2) is 0 Å². The van der Waals surface area contributed by atoms with Crippen LogP contribution < -0.4 is 11.1 Å². The summed E-state index contributed by atoms with van der Waals surface area (Å²) in [6.45, 7) is 11.7. The number of aromatic nitrogens is 1. The van der Waals surface area contributed by atoms with Crippen molar-refractivity contribution >= 4 is 46.5 Å². The van der Waals surface area contributed by atoms with E-state index < -0.39 is 35.2 Å². The summed E-state index contributed by atoms with van der Waals surface area (Å²) in [5, 5.41) is 12.4. The largest absolute Gasteiger partial charge is 0.444 e. The maximum absolute atomic E-state index is 13.9. The van der Waals surface area contributed by atoms with E-state index >= 15 is 0 Å². The molecule has 3 heterocycles. The van der Waals surface area contributed by atoms with Crippen molar-refractivity contribution in [3.05, 3.63) is 76.9 Å². The maximum atomic E-state index is 13.9. The third-order valence-electron chi connectivity index (χ3n) is 8.62. The molecule has 4 amide bonds. The van der Waals surface area contributed by atoms with E-state index in [9.17, 15) is 29.1 Å². The van der Waals surface area contributed by atoms with E-state index in [1.807, 2.05) is 0 Å². The number of imide groups is 1. The summed E-state index contributed by atoms with van der Waals surface area (Å²) in [4.78, 5) is 69.8. The number of hydrogen-bond donors (Lipinski definition) is 3. The van der Waals surface area contributed by atoms with E-state index in [1.54, 1.807) is 106 Å². The molecule has 1 fully saturated rings. The Hall–Kier alpha value is -5.69. The second kappa shape index (κ2) is 12.9. The molecule has 0 saturated carbocycles. The van der Waals surface area contributed by atoms with Gasteiger partial charge >= 0.3 is 12.2 Å². The molecule has 4 aromatic rings. The number of benzene rings is 3. The van der Waals surface area contributed by atoms with Gasteiger partial charge in [0, 0.05) is 48.3 Å². The molecule has 0 bridgehead atoms. The number of nitrogens with two attached hydrogens (primary N) is 1. The Labute approximate surface area is 294 Å². The van der Waals surface area contributed by atoms with Gasteiger partial charge in [-0.2, -0.15) is 0 Å². The highest BCUT2D eigenvalue weighted by Gasteiger charge is 2.36. The summed E-state index contributed by atoms with van der Waals surface area (Å²) in [5.74, 6) is -1.58. The van der Waals surface area contributed by atoms with Crippen LogP contribution in [0.2, 0.25) is 0 Å². The molecule has 0 unspecified atom stereocenters. The van der Waals surface area contributed by atoms with Crippen molar-refractivity contribution in [3.63, 3.8) is 0 Å². The summed E-state index contributed by atoms with van der Waals surface area (Å²) in [7, 11) is 0. The zero-order valence-electron chi connectivity index (χ0n) is 29.5. The summed E-state index contributed by atoms with van der Waals surface area (Å²) in [6, 6.07) is 15.2. The quantitative estimate of drug-likeness (QED) is 0.186. The molecule has 0 aliphatic carbocycles. The lowest BCUT2D eigenvalue weighted by molar-refractivity contribution is 0.0140. The minimum absolute atomic E-state index is 0.0129. The van der Waals surface area contributed by atoms with Gasteiger partial charge in [-0.3, -0.25) is 19.7 Å². The van der Waals surface area contributed by atoms with Crippen LogP contribution in [0.15, 0.2) is 54.6 Å². The number of nitrogen functional groups attached to an aromatic ring is 1. The number of piperazine rings is 1. The molecule has 2 aliphatic rings. The van der Waals surface area contributed by atoms with Crippen LogP contribution in [-0.4, -0.2) is 86.8 Å². The number of hydrogen-bond acceptors (Lipinski definition) is 9. The van der Waals surface area contributed by atoms with E-state index in [4.69, 9.17) is 15.2 Å². The zero-order chi connectivity index (χ0) is 37.0. The number of ether oxygens (including phenoxy) is 2. The predicted octanol–water partition coefficient (Wildman–Crippen LogP) is 5.41. The van der Waals surface area contributed by atoms with Gasteiger partial charge in [-0.25, -0.2) is 14.2 Å². The minimum atomic E-state index is -0.877. The Morgan fingerprint density at radius 3 is 1.96 bits per heavy atom. The maximum Gasteiger partial charge on any atom is 0.419 e. The lowest BCUT2D eigenvalue weighted by atomic mass is 9.91. The number of rotatable bonds is 4. The van der Waals surface area contributed by atoms with Crippen LogP contribution in [0.4, 0.5) is 15.3 Å². The molecule has 266 valence electrons. The van der Waals surface area contributed by atoms with Gasteiger partial charge in [0.05, 0.1) is 34.6 Å². The zero-order valence-corrected chi connectivity index (χ0v) is 29.5. The number of anilines is 1. The van der Waals surface area contributed by atoms with Gasteiger partial charge in [-0.05, 0) is 83.0 Å². The van der Waals surface area contributed by atoms with E-state index in [0.29, 0.717) is 59.3 Å². The van der Waals surface area contributed by atoms with Gasteiger partial charge in [0.2, 0.25) is 0 Å². The highest BCUT2D eigenvalue weighted by molar-refractivity contribution is 6.27. The van der Waals surface area contributed by atoms with Crippen molar-refractivity contribution in [2.45, 2.75) is 59.4 Å². The lowest BCUT2D eigenvalue weighted by Gasteiger charge is -2.35. The van der Waals surface area contributed by atoms with Crippen LogP contribution in [0.1, 0.15) is 78.2 Å². The molecular weight excluding hydrogens is 654 g/mol. The average molecular weight is 696 g/mol. The third kappa shape index (κ3) is 6.89. The molecule has 13 heteroatoms. The summed E-state index contributed by atoms with van der Waals surface area (Å²) in [6.07, 6.45) is -1.16. The SMILES string of the molecule is CC(C)(C)OC(=O)N1CCN(C(=O)c2ccc3c(c2)cc(-c2cc(-c4ccc(CO)cc4)c(N)c4c2C(=O)NC4=O)n3C(=O)OC(C)(C)C)CC1. The smallest absolute Gasteiger partial charge is 0.419 e. The highest BCUT2D eigenvalue weighted by Crippen LogP contribution is 2.42. The molecule has 0 radical (unpaired) electrons. The first-order valence-electron chi connectivity index (χ1n) is 16.6. The summed E-state index contributed by atoms with van der Waals surface area (Å²) < 4.78 is 12.6. The van der Waals surface area contributed by atoms with Crippen LogP contribution in [0.3, 0.4) is 0 Å². The van der Waals surface area contributed by atoms with Crippen molar-refractivity contribution in [2.24, 2.45) is 0 Å². The Kier molecular flexibility index (Phi) is 8.88. The number of carbonyl (C=O) groups excluding carboxylic acids is 5. The van der Waals surface area contributed by atoms with Crippen LogP contribution >= 0.6 is 0 Å². The van der Waals surface area contributed by atoms with Crippen molar-refractivity contribution in [2.75, 3.05) is 31.9 Å². The van der Waals surface area contributed by atoms with E-state index in [0.717, 1.165) is 0 Å². The molecule has 0 atom stereocenters. The van der Waals surface area contributed by atoms with E-state index in [2.05, 4.69) is 5.32 Å². The molecule has 2 aliphatic heterocycles. The van der Waals surface area contributed by atoms with Crippen molar-refractivity contribution < 1.29 is 38.6 Å². The van der Waals surface area contributed by atoms with E-state index in [-0.39, 0.29) is 40.6 Å². The Morgan fingerprint density at radius 1 is 0.765 bits per heavy atom. The monoisotopic (exact) mass is 695 g/mol. The fourth-order valence-electron chi connectivity index (χ4n) is 6.28. The fourth-order valence-corrected chi connectivity index (χ4v) is 6.28. The van der Waals surface area contributed by atoms with Crippen molar-refractivity contribution in [1.82, 2.24) is 19.7 Å². The number of nitrogens with zero attached hydrogens (tertiary/aromatic N) is 3. The standard InChI is InChI=1S/C38H41N5O8/c1-37(2,3)50-35(48)42-15-13-41(14-16-42)34(47)23-11-12-27-24(17-23)18-28(43(27)36(49)51-38(4,5)6)26-19-25(22-9-7-21(20-44)8-10-22)31(39)30-29(26)32(45)40-33(30)46/h7-12,17-19,44H,13-16,20,39H2,1-6H3,(H,40,45,46). The molecule has 1 saturated heterocycles.